The quantitative estimate of drug-likeness (QED) is 0.582. The maximum absolute atomic E-state index is 13.4. The van der Waals surface area contributed by atoms with Gasteiger partial charge in [-0.1, -0.05) is 6.07 Å². The molecule has 0 atom stereocenters. The van der Waals surface area contributed by atoms with Crippen LogP contribution in [0.15, 0.2) is 47.4 Å². The van der Waals surface area contributed by atoms with Crippen molar-refractivity contribution in [2.45, 2.75) is 37.5 Å². The molecule has 0 radical (unpaired) electrons. The molecule has 0 spiro atoms. The van der Waals surface area contributed by atoms with Crippen molar-refractivity contribution in [2.75, 3.05) is 31.6 Å². The first-order valence-electron chi connectivity index (χ1n) is 11.7. The average Bonchev–Trinajstić information content (AvgIpc) is 3.26. The molecule has 0 bridgehead atoms. The molecule has 3 aromatic rings. The van der Waals surface area contributed by atoms with Gasteiger partial charge in [-0.05, 0) is 74.6 Å². The van der Waals surface area contributed by atoms with Crippen molar-refractivity contribution >= 4 is 21.6 Å². The Morgan fingerprint density at radius 3 is 2.51 bits per heavy atom. The summed E-state index contributed by atoms with van der Waals surface area (Å²) in [6.07, 6.45) is 3.44. The summed E-state index contributed by atoms with van der Waals surface area (Å²) in [5, 5.41) is 7.43. The molecular formula is C25H27FN4O4S. The van der Waals surface area contributed by atoms with Crippen LogP contribution in [-0.2, 0) is 27.6 Å². The maximum Gasteiger partial charge on any atom is 0.276 e. The first kappa shape index (κ1) is 23.7. The third-order valence-electron chi connectivity index (χ3n) is 6.50. The largest absolute Gasteiger partial charge is 0.379 e. The number of hydrogen-bond acceptors (Lipinski definition) is 5. The summed E-state index contributed by atoms with van der Waals surface area (Å²) in [6, 6.07) is 10.9. The van der Waals surface area contributed by atoms with E-state index in [9.17, 15) is 17.6 Å². The zero-order chi connectivity index (χ0) is 24.6. The van der Waals surface area contributed by atoms with E-state index in [0.29, 0.717) is 48.9 Å². The van der Waals surface area contributed by atoms with Crippen molar-refractivity contribution in [3.63, 3.8) is 0 Å². The van der Waals surface area contributed by atoms with E-state index in [1.165, 1.54) is 22.5 Å². The maximum atomic E-state index is 13.4. The Labute approximate surface area is 203 Å². The molecule has 1 N–H and O–H groups in total. The van der Waals surface area contributed by atoms with Gasteiger partial charge in [0, 0.05) is 30.0 Å². The Balaban J connectivity index is 1.45. The van der Waals surface area contributed by atoms with Crippen molar-refractivity contribution in [1.82, 2.24) is 14.1 Å². The minimum absolute atomic E-state index is 0.163. The number of benzene rings is 2. The van der Waals surface area contributed by atoms with Crippen LogP contribution in [0.4, 0.5) is 10.1 Å². The Bertz CT molecular complexity index is 1360. The molecule has 1 aromatic heterocycles. The van der Waals surface area contributed by atoms with Gasteiger partial charge >= 0.3 is 0 Å². The van der Waals surface area contributed by atoms with Crippen LogP contribution in [0.1, 0.15) is 40.2 Å². The minimum Gasteiger partial charge on any atom is -0.379 e. The molecule has 2 aromatic carbocycles. The van der Waals surface area contributed by atoms with Crippen LogP contribution < -0.4 is 5.32 Å². The molecule has 184 valence electrons. The summed E-state index contributed by atoms with van der Waals surface area (Å²) in [4.78, 5) is 13.5. The molecule has 0 saturated carbocycles. The molecular weight excluding hydrogens is 471 g/mol. The predicted octanol–water partition coefficient (Wildman–Crippen LogP) is 3.47. The number of halogens is 1. The Morgan fingerprint density at radius 1 is 1.06 bits per heavy atom. The molecule has 10 heteroatoms. The zero-order valence-electron chi connectivity index (χ0n) is 19.5. The first-order valence-corrected chi connectivity index (χ1v) is 13.2. The average molecular weight is 499 g/mol. The van der Waals surface area contributed by atoms with E-state index < -0.39 is 15.9 Å². The van der Waals surface area contributed by atoms with Gasteiger partial charge in [0.15, 0.2) is 5.69 Å². The number of aromatic nitrogens is 2. The van der Waals surface area contributed by atoms with Crippen molar-refractivity contribution in [3.8, 4) is 5.69 Å². The highest BCUT2D eigenvalue weighted by Gasteiger charge is 2.29. The Hall–Kier alpha value is -3.08. The fraction of sp³-hybridized carbons (Fsp3) is 0.360. The lowest BCUT2D eigenvalue weighted by Gasteiger charge is -2.26. The third kappa shape index (κ3) is 4.61. The summed E-state index contributed by atoms with van der Waals surface area (Å²) in [5.74, 6) is -0.738. The van der Waals surface area contributed by atoms with E-state index in [1.54, 1.807) is 35.9 Å². The molecule has 1 saturated heterocycles. The highest BCUT2D eigenvalue weighted by Crippen LogP contribution is 2.29. The van der Waals surface area contributed by atoms with Gasteiger partial charge in [-0.2, -0.15) is 9.40 Å². The molecule has 1 fully saturated rings. The Morgan fingerprint density at radius 2 is 1.77 bits per heavy atom. The first-order chi connectivity index (χ1) is 16.8. The minimum atomic E-state index is -3.71. The summed E-state index contributed by atoms with van der Waals surface area (Å²) in [7, 11) is -3.71. The lowest BCUT2D eigenvalue weighted by molar-refractivity contribution is 0.0730. The highest BCUT2D eigenvalue weighted by atomic mass is 32.2. The van der Waals surface area contributed by atoms with Crippen molar-refractivity contribution in [2.24, 2.45) is 0 Å². The van der Waals surface area contributed by atoms with Gasteiger partial charge in [0.1, 0.15) is 5.82 Å². The van der Waals surface area contributed by atoms with E-state index >= 15 is 0 Å². The van der Waals surface area contributed by atoms with Gasteiger partial charge in [-0.15, -0.1) is 0 Å². The lowest BCUT2D eigenvalue weighted by atomic mass is 9.95. The molecule has 1 amide bonds. The zero-order valence-corrected chi connectivity index (χ0v) is 20.3. The number of morpholine rings is 1. The number of sulfonamides is 1. The standard InChI is InChI=1S/C25H27FN4O4S/c1-17-6-9-19(16-23(17)35(32,33)29-12-14-34-15-13-29)27-25(31)24-21-4-2-3-5-22(21)30(28-24)20-10-7-18(26)8-11-20/h6-11,16H,2-5,12-15H2,1H3,(H,27,31). The molecule has 5 rings (SSSR count). The van der Waals surface area contributed by atoms with Crippen LogP contribution in [0.2, 0.25) is 0 Å². The fourth-order valence-corrected chi connectivity index (χ4v) is 6.31. The van der Waals surface area contributed by atoms with Gasteiger partial charge in [0.2, 0.25) is 10.0 Å². The number of fused-ring (bicyclic) bond motifs is 1. The van der Waals surface area contributed by atoms with Crippen molar-refractivity contribution in [3.05, 3.63) is 70.8 Å². The van der Waals surface area contributed by atoms with Crippen LogP contribution in [0, 0.1) is 12.7 Å². The van der Waals surface area contributed by atoms with E-state index in [1.807, 2.05) is 0 Å². The van der Waals surface area contributed by atoms with E-state index in [2.05, 4.69) is 10.4 Å². The number of ether oxygens (including phenoxy) is 1. The lowest BCUT2D eigenvalue weighted by Crippen LogP contribution is -2.40. The van der Waals surface area contributed by atoms with Gasteiger partial charge in [0.05, 0.1) is 23.8 Å². The summed E-state index contributed by atoms with van der Waals surface area (Å²) in [5.41, 5.74) is 3.82. The van der Waals surface area contributed by atoms with Gasteiger partial charge < -0.3 is 10.1 Å². The third-order valence-corrected chi connectivity index (χ3v) is 8.54. The van der Waals surface area contributed by atoms with Crippen molar-refractivity contribution < 1.29 is 22.3 Å². The van der Waals surface area contributed by atoms with E-state index in [-0.39, 0.29) is 10.7 Å². The smallest absolute Gasteiger partial charge is 0.276 e. The molecule has 8 nitrogen and oxygen atoms in total. The van der Waals surface area contributed by atoms with E-state index in [0.717, 1.165) is 36.9 Å². The van der Waals surface area contributed by atoms with Crippen LogP contribution in [-0.4, -0.2) is 54.7 Å². The van der Waals surface area contributed by atoms with Gasteiger partial charge in [-0.3, -0.25) is 4.79 Å². The second-order valence-electron chi connectivity index (χ2n) is 8.82. The monoisotopic (exact) mass is 498 g/mol. The number of anilines is 1. The number of carbonyl (C=O) groups is 1. The summed E-state index contributed by atoms with van der Waals surface area (Å²) < 4.78 is 48.3. The molecule has 35 heavy (non-hydrogen) atoms. The number of aryl methyl sites for hydroxylation is 1. The second kappa shape index (κ2) is 9.52. The highest BCUT2D eigenvalue weighted by molar-refractivity contribution is 7.89. The summed E-state index contributed by atoms with van der Waals surface area (Å²) >= 11 is 0. The predicted molar refractivity (Wildman–Crippen MR) is 129 cm³/mol. The SMILES string of the molecule is Cc1ccc(NC(=O)c2nn(-c3ccc(F)cc3)c3c2CCCC3)cc1S(=O)(=O)N1CCOCC1. The number of nitrogens with one attached hydrogen (secondary N) is 1. The van der Waals surface area contributed by atoms with Crippen LogP contribution >= 0.6 is 0 Å². The number of rotatable bonds is 5. The van der Waals surface area contributed by atoms with E-state index in [4.69, 9.17) is 4.74 Å². The van der Waals surface area contributed by atoms with Crippen LogP contribution in [0.3, 0.4) is 0 Å². The number of nitrogens with zero attached hydrogens (tertiary/aromatic N) is 3. The van der Waals surface area contributed by atoms with Gasteiger partial charge in [0.25, 0.3) is 5.91 Å². The summed E-state index contributed by atoms with van der Waals surface area (Å²) in [6.45, 7) is 3.05. The molecule has 1 aliphatic heterocycles. The van der Waals surface area contributed by atoms with Crippen LogP contribution in [0.25, 0.3) is 5.69 Å². The number of carbonyl (C=O) groups excluding carboxylic acids is 1. The molecule has 1 aliphatic carbocycles. The topological polar surface area (TPSA) is 93.5 Å². The second-order valence-corrected chi connectivity index (χ2v) is 10.7. The molecule has 0 unspecified atom stereocenters. The normalized spacial score (nSPS) is 16.6. The van der Waals surface area contributed by atoms with Crippen LogP contribution in [0.5, 0.6) is 0 Å². The van der Waals surface area contributed by atoms with Gasteiger partial charge in [-0.25, -0.2) is 17.5 Å². The number of hydrogen-bond donors (Lipinski definition) is 1. The molecule has 2 heterocycles. The fourth-order valence-electron chi connectivity index (χ4n) is 4.65. The molecule has 2 aliphatic rings. The number of amides is 1. The van der Waals surface area contributed by atoms with Crippen molar-refractivity contribution in [1.29, 1.82) is 0 Å². The Kier molecular flexibility index (Phi) is 6.43.